The van der Waals surface area contributed by atoms with Gasteiger partial charge in [0.1, 0.15) is 0 Å². The van der Waals surface area contributed by atoms with Crippen LogP contribution in [-0.4, -0.2) is 57.4 Å². The van der Waals surface area contributed by atoms with Gasteiger partial charge in [0.05, 0.1) is 17.5 Å². The Balaban J connectivity index is 0.00000380. The van der Waals surface area contributed by atoms with Gasteiger partial charge in [-0.15, -0.1) is 0 Å². The zero-order chi connectivity index (χ0) is 25.5. The van der Waals surface area contributed by atoms with Gasteiger partial charge in [-0.25, -0.2) is 4.79 Å². The molecule has 0 saturated carbocycles. The molecule has 2 N–H and O–H groups in total. The Kier molecular flexibility index (Phi) is 10.6. The molecule has 0 spiro atoms. The van der Waals surface area contributed by atoms with Crippen LogP contribution in [0, 0.1) is 0 Å². The van der Waals surface area contributed by atoms with Gasteiger partial charge in [0.2, 0.25) is 0 Å². The number of carboxylic acids is 1. The third kappa shape index (κ3) is 7.37. The van der Waals surface area contributed by atoms with Crippen molar-refractivity contribution in [3.63, 3.8) is 0 Å². The van der Waals surface area contributed by atoms with E-state index < -0.39 is 18.1 Å². The number of carbonyl (C=O) groups is 1. The Labute approximate surface area is 239 Å². The number of rotatable bonds is 9. The maximum atomic E-state index is 13.4. The predicted molar refractivity (Wildman–Crippen MR) is 139 cm³/mol. The van der Waals surface area contributed by atoms with Gasteiger partial charge in [-0.05, 0) is 43.8 Å². The van der Waals surface area contributed by atoms with Crippen LogP contribution in [0.3, 0.4) is 0 Å². The first-order chi connectivity index (χ1) is 17.4. The third-order valence-electron chi connectivity index (χ3n) is 6.29. The van der Waals surface area contributed by atoms with E-state index in [1.54, 1.807) is 24.3 Å². The average Bonchev–Trinajstić information content (AvgIpc) is 3.34. The Hall–Kier alpha value is -2.81. The van der Waals surface area contributed by atoms with Gasteiger partial charge in [-0.2, -0.15) is 0 Å². The summed E-state index contributed by atoms with van der Waals surface area (Å²) in [6.45, 7) is 2.90. The summed E-state index contributed by atoms with van der Waals surface area (Å²) < 4.78 is 0. The normalized spacial score (nSPS) is 18.2. The van der Waals surface area contributed by atoms with Crippen molar-refractivity contribution in [2.45, 2.75) is 44.5 Å². The summed E-state index contributed by atoms with van der Waals surface area (Å²) >= 11 is 0. The van der Waals surface area contributed by atoms with Crippen LogP contribution in [0.5, 0.6) is 0 Å². The van der Waals surface area contributed by atoms with Crippen LogP contribution in [0.2, 0.25) is 0 Å². The molecule has 37 heavy (non-hydrogen) atoms. The Morgan fingerprint density at radius 1 is 1.03 bits per heavy atom. The number of aliphatic imine (C=N–C) groups is 2. The molecule has 8 heteroatoms. The maximum absolute atomic E-state index is 13.4. The molecule has 1 heterocycles. The molecule has 3 atom stereocenters. The average molecular weight is 508 g/mol. The second kappa shape index (κ2) is 13.7. The fraction of sp³-hybridized carbons (Fsp3) is 0.276. The van der Waals surface area contributed by atoms with Gasteiger partial charge in [0, 0.05) is 23.7 Å². The van der Waals surface area contributed by atoms with Gasteiger partial charge in [0.25, 0.3) is 0 Å². The van der Waals surface area contributed by atoms with Crippen LogP contribution in [0.15, 0.2) is 94.9 Å². The summed E-state index contributed by atoms with van der Waals surface area (Å²) in [7, 11) is 0. The number of aliphatic carboxylic acids is 1. The van der Waals surface area contributed by atoms with E-state index in [2.05, 4.69) is 27.0 Å². The molecule has 1 aliphatic rings. The minimum atomic E-state index is -1.36. The molecule has 0 aliphatic carbocycles. The molecule has 0 radical (unpaired) electrons. The minimum Gasteiger partial charge on any atom is -0.861 e. The van der Waals surface area contributed by atoms with E-state index in [0.717, 1.165) is 24.9 Å². The molecule has 3 aromatic carbocycles. The number of aliphatic hydroxyl groups excluding tert-OH is 1. The smallest absolute Gasteiger partial charge is 0.861 e. The second-order valence-electron chi connectivity index (χ2n) is 8.95. The van der Waals surface area contributed by atoms with Crippen molar-refractivity contribution in [2.24, 2.45) is 9.98 Å². The van der Waals surface area contributed by atoms with Crippen LogP contribution in [0.25, 0.3) is 0 Å². The predicted octanol–water partition coefficient (Wildman–Crippen LogP) is 0.417. The molecule has 1 aliphatic heterocycles. The summed E-state index contributed by atoms with van der Waals surface area (Å²) in [4.78, 5) is 22.9. The number of benzene rings is 3. The van der Waals surface area contributed by atoms with Crippen LogP contribution in [-0.2, 0) is 11.3 Å². The number of hydrogen-bond acceptors (Lipinski definition) is 6. The molecule has 1 saturated heterocycles. The van der Waals surface area contributed by atoms with Gasteiger partial charge < -0.3 is 15.3 Å². The summed E-state index contributed by atoms with van der Waals surface area (Å²) in [5.41, 5.74) is 3.14. The first-order valence-corrected chi connectivity index (χ1v) is 12.1. The van der Waals surface area contributed by atoms with E-state index in [0.29, 0.717) is 29.1 Å². The largest absolute Gasteiger partial charge is 1.00 e. The van der Waals surface area contributed by atoms with Gasteiger partial charge in [-0.3, -0.25) is 14.9 Å². The van der Waals surface area contributed by atoms with Crippen LogP contribution in [0.4, 0.5) is 5.69 Å². The van der Waals surface area contributed by atoms with Gasteiger partial charge in [-0.1, -0.05) is 78.9 Å². The van der Waals surface area contributed by atoms with E-state index >= 15 is 0 Å². The van der Waals surface area contributed by atoms with Crippen molar-refractivity contribution in [2.75, 3.05) is 6.54 Å². The molecule has 1 fully saturated rings. The van der Waals surface area contributed by atoms with Crippen molar-refractivity contribution >= 4 is 23.3 Å². The van der Waals surface area contributed by atoms with E-state index in [4.69, 9.17) is 0 Å². The molecular weight excluding hydrogens is 477 g/mol. The van der Waals surface area contributed by atoms with Crippen molar-refractivity contribution in [1.29, 1.82) is 0 Å². The first kappa shape index (κ1) is 28.8. The number of carboxylic acid groups (broad SMARTS) is 1. The standard InChI is InChI=1S/C29H31N3O4.Na/c1-20(33)26(29(35)36)31-27(22-13-6-3-7-14-22)23-15-8-9-16-24(23)30-28(34)25-17-10-18-32(25)19-21-11-4-2-5-12-21;/h2-9,11-16,20,25-26,33H,10,17-19H2,1H3,(H,30,34)(H,35,36);/q;+1/p-1/t20-,25-,26+;/m0./s1. The maximum Gasteiger partial charge on any atom is 1.00 e. The topological polar surface area (TPSA) is 109 Å². The molecule has 3 aromatic rings. The Bertz CT molecular complexity index is 1230. The van der Waals surface area contributed by atoms with E-state index in [-0.39, 0.29) is 41.5 Å². The number of para-hydroxylation sites is 1. The Morgan fingerprint density at radius 2 is 1.65 bits per heavy atom. The fourth-order valence-electron chi connectivity index (χ4n) is 4.48. The minimum absolute atomic E-state index is 0. The number of aliphatic hydroxyl groups is 1. The molecule has 4 rings (SSSR count). The second-order valence-corrected chi connectivity index (χ2v) is 8.95. The number of hydrogen-bond donors (Lipinski definition) is 2. The molecule has 7 nitrogen and oxygen atoms in total. The van der Waals surface area contributed by atoms with Gasteiger partial charge >= 0.3 is 35.5 Å². The van der Waals surface area contributed by atoms with E-state index in [1.165, 1.54) is 6.92 Å². The fourth-order valence-corrected chi connectivity index (χ4v) is 4.48. The van der Waals surface area contributed by atoms with Crippen LogP contribution in [0.1, 0.15) is 36.5 Å². The number of likely N-dealkylation sites (tertiary alicyclic amines) is 1. The summed E-state index contributed by atoms with van der Waals surface area (Å²) in [5, 5.41) is 33.1. The summed E-state index contributed by atoms with van der Waals surface area (Å²) in [6.07, 6.45) is 0.461. The molecule has 186 valence electrons. The Morgan fingerprint density at radius 3 is 2.30 bits per heavy atom. The summed E-state index contributed by atoms with van der Waals surface area (Å²) in [5.74, 6) is -1.46. The molecule has 0 aromatic heterocycles. The monoisotopic (exact) mass is 507 g/mol. The summed E-state index contributed by atoms with van der Waals surface area (Å²) in [6, 6.07) is 24.6. The zero-order valence-corrected chi connectivity index (χ0v) is 23.2. The van der Waals surface area contributed by atoms with E-state index in [9.17, 15) is 20.1 Å². The van der Waals surface area contributed by atoms with Crippen molar-refractivity contribution in [1.82, 2.24) is 4.90 Å². The van der Waals surface area contributed by atoms with Crippen LogP contribution >= 0.6 is 0 Å². The van der Waals surface area contributed by atoms with E-state index in [1.807, 2.05) is 48.5 Å². The molecule has 0 unspecified atom stereocenters. The SMILES string of the molecule is C[C@H](O)[C@@H](N=C(c1ccccc1)c1ccccc1N=C([O-])[C@@H]1CCCN1Cc1ccccc1)C(=O)O.[Na+]. The first-order valence-electron chi connectivity index (χ1n) is 12.1. The quantitative estimate of drug-likeness (QED) is 0.248. The third-order valence-corrected chi connectivity index (χ3v) is 6.29. The van der Waals surface area contributed by atoms with Crippen LogP contribution < -0.4 is 34.7 Å². The molecule has 0 amide bonds. The number of nitrogens with zero attached hydrogens (tertiary/aromatic N) is 3. The molecule has 0 bridgehead atoms. The zero-order valence-electron chi connectivity index (χ0n) is 21.2. The molecular formula is C29H30N3NaO4. The van der Waals surface area contributed by atoms with Crippen molar-refractivity contribution in [3.8, 4) is 0 Å². The van der Waals surface area contributed by atoms with Crippen molar-refractivity contribution in [3.05, 3.63) is 102 Å². The van der Waals surface area contributed by atoms with Gasteiger partial charge in [0.15, 0.2) is 6.04 Å². The van der Waals surface area contributed by atoms with Crippen molar-refractivity contribution < 1.29 is 49.7 Å².